The van der Waals surface area contributed by atoms with Gasteiger partial charge >= 0.3 is 12.0 Å². The number of hydrogen-bond donors (Lipinski definition) is 2. The summed E-state index contributed by atoms with van der Waals surface area (Å²) >= 11 is 0. The summed E-state index contributed by atoms with van der Waals surface area (Å²) in [6.07, 6.45) is 7.52. The van der Waals surface area contributed by atoms with Crippen molar-refractivity contribution in [3.05, 3.63) is 0 Å². The van der Waals surface area contributed by atoms with Crippen LogP contribution >= 0.6 is 0 Å². The van der Waals surface area contributed by atoms with E-state index in [0.717, 1.165) is 6.42 Å². The molecule has 1 saturated carbocycles. The second kappa shape index (κ2) is 7.64. The molecule has 0 aromatic carbocycles. The molecule has 21 heavy (non-hydrogen) atoms. The second-order valence-corrected chi connectivity index (χ2v) is 6.32. The standard InChI is InChI=1S/C15H27N3O3/c1-21-14(19)8-11-7-13(10-18(9-11)15(16)20)17-12-5-3-2-4-6-12/h11-13,17H,2-10H2,1H3,(H2,16,20). The first-order valence-corrected chi connectivity index (χ1v) is 7.95. The van der Waals surface area contributed by atoms with Crippen molar-refractivity contribution in [2.24, 2.45) is 11.7 Å². The Morgan fingerprint density at radius 3 is 2.52 bits per heavy atom. The molecule has 1 aliphatic heterocycles. The molecule has 0 aromatic rings. The zero-order valence-electron chi connectivity index (χ0n) is 12.8. The van der Waals surface area contributed by atoms with Crippen LogP contribution in [0, 0.1) is 5.92 Å². The average molecular weight is 297 g/mol. The van der Waals surface area contributed by atoms with Crippen molar-refractivity contribution >= 4 is 12.0 Å². The second-order valence-electron chi connectivity index (χ2n) is 6.32. The zero-order valence-corrected chi connectivity index (χ0v) is 12.8. The van der Waals surface area contributed by atoms with E-state index in [1.54, 1.807) is 4.90 Å². The number of rotatable bonds is 4. The van der Waals surface area contributed by atoms with Crippen LogP contribution in [-0.2, 0) is 9.53 Å². The summed E-state index contributed by atoms with van der Waals surface area (Å²) in [6.45, 7) is 1.19. The maximum absolute atomic E-state index is 11.5. The smallest absolute Gasteiger partial charge is 0.314 e. The number of amides is 2. The number of likely N-dealkylation sites (tertiary alicyclic amines) is 1. The highest BCUT2D eigenvalue weighted by Crippen LogP contribution is 2.23. The van der Waals surface area contributed by atoms with Crippen molar-refractivity contribution in [2.75, 3.05) is 20.2 Å². The molecule has 1 heterocycles. The normalized spacial score (nSPS) is 27.4. The molecule has 0 radical (unpaired) electrons. The van der Waals surface area contributed by atoms with Crippen LogP contribution in [0.1, 0.15) is 44.9 Å². The van der Waals surface area contributed by atoms with Gasteiger partial charge in [0.05, 0.1) is 13.5 Å². The van der Waals surface area contributed by atoms with E-state index < -0.39 is 6.03 Å². The molecular weight excluding hydrogens is 270 g/mol. The number of hydrogen-bond acceptors (Lipinski definition) is 4. The van der Waals surface area contributed by atoms with E-state index >= 15 is 0 Å². The molecule has 2 rings (SSSR count). The maximum atomic E-state index is 11.5. The number of methoxy groups -OCH3 is 1. The van der Waals surface area contributed by atoms with Crippen LogP contribution in [0.2, 0.25) is 0 Å². The van der Waals surface area contributed by atoms with Crippen LogP contribution in [-0.4, -0.2) is 49.2 Å². The van der Waals surface area contributed by atoms with E-state index in [4.69, 9.17) is 10.5 Å². The summed E-state index contributed by atoms with van der Waals surface area (Å²) in [5, 5.41) is 3.66. The van der Waals surface area contributed by atoms with E-state index in [9.17, 15) is 9.59 Å². The van der Waals surface area contributed by atoms with E-state index in [0.29, 0.717) is 25.6 Å². The lowest BCUT2D eigenvalue weighted by molar-refractivity contribution is -0.142. The van der Waals surface area contributed by atoms with Crippen molar-refractivity contribution in [1.29, 1.82) is 0 Å². The molecule has 2 unspecified atom stereocenters. The van der Waals surface area contributed by atoms with Crippen molar-refractivity contribution in [3.63, 3.8) is 0 Å². The van der Waals surface area contributed by atoms with E-state index in [-0.39, 0.29) is 17.9 Å². The highest BCUT2D eigenvalue weighted by Gasteiger charge is 2.31. The van der Waals surface area contributed by atoms with Gasteiger partial charge in [0.1, 0.15) is 0 Å². The number of nitrogens with two attached hydrogens (primary N) is 1. The molecule has 6 nitrogen and oxygen atoms in total. The number of nitrogens with zero attached hydrogens (tertiary/aromatic N) is 1. The minimum atomic E-state index is -0.403. The predicted octanol–water partition coefficient (Wildman–Crippen LogP) is 1.24. The Balaban J connectivity index is 1.91. The number of ether oxygens (including phenoxy) is 1. The first-order valence-electron chi connectivity index (χ1n) is 7.95. The lowest BCUT2D eigenvalue weighted by Gasteiger charge is -2.39. The number of carbonyl (C=O) groups is 2. The Bertz CT molecular complexity index is 369. The molecule has 0 aromatic heterocycles. The van der Waals surface area contributed by atoms with Crippen molar-refractivity contribution in [2.45, 2.75) is 57.0 Å². The van der Waals surface area contributed by atoms with Gasteiger partial charge < -0.3 is 20.7 Å². The first-order chi connectivity index (χ1) is 10.1. The molecule has 2 aliphatic rings. The van der Waals surface area contributed by atoms with Gasteiger partial charge in [0.25, 0.3) is 0 Å². The van der Waals surface area contributed by atoms with Gasteiger partial charge in [-0.05, 0) is 25.2 Å². The van der Waals surface area contributed by atoms with Gasteiger partial charge in [0, 0.05) is 25.2 Å². The van der Waals surface area contributed by atoms with E-state index in [2.05, 4.69) is 5.32 Å². The van der Waals surface area contributed by atoms with E-state index in [1.807, 2.05) is 0 Å². The number of urea groups is 1. The summed E-state index contributed by atoms with van der Waals surface area (Å²) < 4.78 is 4.74. The van der Waals surface area contributed by atoms with E-state index in [1.165, 1.54) is 39.2 Å². The Hall–Kier alpha value is -1.30. The Morgan fingerprint density at radius 2 is 1.90 bits per heavy atom. The number of primary amides is 1. The molecule has 2 fully saturated rings. The summed E-state index contributed by atoms with van der Waals surface area (Å²) in [5.41, 5.74) is 5.43. The lowest BCUT2D eigenvalue weighted by Crippen LogP contribution is -2.55. The van der Waals surface area contributed by atoms with Crippen molar-refractivity contribution in [3.8, 4) is 0 Å². The summed E-state index contributed by atoms with van der Waals surface area (Å²) in [7, 11) is 1.40. The summed E-state index contributed by atoms with van der Waals surface area (Å²) in [5.74, 6) is -0.0949. The summed E-state index contributed by atoms with van der Waals surface area (Å²) in [4.78, 5) is 24.6. The van der Waals surface area contributed by atoms with Crippen LogP contribution in [0.5, 0.6) is 0 Å². The monoisotopic (exact) mass is 297 g/mol. The number of nitrogens with one attached hydrogen (secondary N) is 1. The largest absolute Gasteiger partial charge is 0.469 e. The fourth-order valence-corrected chi connectivity index (χ4v) is 3.57. The van der Waals surface area contributed by atoms with Gasteiger partial charge in [0.2, 0.25) is 0 Å². The first kappa shape index (κ1) is 16.1. The third kappa shape index (κ3) is 4.88. The van der Waals surface area contributed by atoms with Crippen molar-refractivity contribution < 1.29 is 14.3 Å². The van der Waals surface area contributed by atoms with Crippen LogP contribution in [0.15, 0.2) is 0 Å². The highest BCUT2D eigenvalue weighted by molar-refractivity contribution is 5.73. The molecule has 120 valence electrons. The number of esters is 1. The molecule has 1 aliphatic carbocycles. The van der Waals surface area contributed by atoms with Crippen LogP contribution in [0.25, 0.3) is 0 Å². The van der Waals surface area contributed by atoms with Gasteiger partial charge in [-0.2, -0.15) is 0 Å². The molecule has 2 atom stereocenters. The molecule has 6 heteroatoms. The van der Waals surface area contributed by atoms with Crippen LogP contribution in [0.3, 0.4) is 0 Å². The lowest BCUT2D eigenvalue weighted by atomic mass is 9.89. The summed E-state index contributed by atoms with van der Waals surface area (Å²) in [6, 6.07) is 0.361. The third-order valence-corrected chi connectivity index (χ3v) is 4.61. The molecular formula is C15H27N3O3. The predicted molar refractivity (Wildman–Crippen MR) is 79.7 cm³/mol. The molecule has 0 bridgehead atoms. The van der Waals surface area contributed by atoms with Crippen molar-refractivity contribution in [1.82, 2.24) is 10.2 Å². The minimum Gasteiger partial charge on any atom is -0.469 e. The number of carbonyl (C=O) groups excluding carboxylic acids is 2. The van der Waals surface area contributed by atoms with Gasteiger partial charge in [-0.25, -0.2) is 4.79 Å². The van der Waals surface area contributed by atoms with Gasteiger partial charge in [0.15, 0.2) is 0 Å². The van der Waals surface area contributed by atoms with Crippen LogP contribution < -0.4 is 11.1 Å². The maximum Gasteiger partial charge on any atom is 0.314 e. The number of piperidine rings is 1. The topological polar surface area (TPSA) is 84.7 Å². The molecule has 3 N–H and O–H groups in total. The molecule has 2 amide bonds. The Morgan fingerprint density at radius 1 is 1.19 bits per heavy atom. The zero-order chi connectivity index (χ0) is 15.2. The molecule has 0 spiro atoms. The van der Waals surface area contributed by atoms with Gasteiger partial charge in [-0.15, -0.1) is 0 Å². The fraction of sp³-hybridized carbons (Fsp3) is 0.867. The van der Waals surface area contributed by atoms with Gasteiger partial charge in [-0.1, -0.05) is 19.3 Å². The average Bonchev–Trinajstić information content (AvgIpc) is 2.47. The SMILES string of the molecule is COC(=O)CC1CC(NC2CCCCC2)CN(C(N)=O)C1. The Labute approximate surface area is 126 Å². The third-order valence-electron chi connectivity index (χ3n) is 4.61. The Kier molecular flexibility index (Phi) is 5.85. The van der Waals surface area contributed by atoms with Gasteiger partial charge in [-0.3, -0.25) is 4.79 Å². The highest BCUT2D eigenvalue weighted by atomic mass is 16.5. The van der Waals surface area contributed by atoms with Crippen LogP contribution in [0.4, 0.5) is 4.79 Å². The minimum absolute atomic E-state index is 0.125. The quantitative estimate of drug-likeness (QED) is 0.765. The molecule has 1 saturated heterocycles. The fourth-order valence-electron chi connectivity index (χ4n) is 3.57.